The highest BCUT2D eigenvalue weighted by molar-refractivity contribution is 8.13. The molecule has 2 N–H and O–H groups in total. The average molecular weight is 381 g/mol. The molecule has 0 aliphatic rings. The Balaban J connectivity index is 4.14. The number of amides is 1. The number of thioether (sulfide) groups is 1. The number of esters is 2. The van der Waals surface area contributed by atoms with Gasteiger partial charge in [-0.1, -0.05) is 13.8 Å². The molecule has 0 rings (SSSR count). The van der Waals surface area contributed by atoms with Crippen LogP contribution < -0.4 is 5.32 Å². The molecular formula is C13H19NO10S. The van der Waals surface area contributed by atoms with Gasteiger partial charge in [0, 0.05) is 18.6 Å². The number of hydrogen-bond donors (Lipinski definition) is 2. The Morgan fingerprint density at radius 3 is 1.92 bits per heavy atom. The molecule has 0 aliphatic heterocycles. The van der Waals surface area contributed by atoms with Gasteiger partial charge < -0.3 is 29.4 Å². The summed E-state index contributed by atoms with van der Waals surface area (Å²) in [6.45, 7) is 1.85. The van der Waals surface area contributed by atoms with E-state index in [1.807, 2.05) is 5.32 Å². The minimum atomic E-state index is -1.45. The van der Waals surface area contributed by atoms with Gasteiger partial charge in [0.15, 0.2) is 0 Å². The van der Waals surface area contributed by atoms with Gasteiger partial charge in [0.05, 0.1) is 0 Å². The van der Waals surface area contributed by atoms with Gasteiger partial charge in [0.1, 0.15) is 6.04 Å². The zero-order chi connectivity index (χ0) is 19.2. The highest BCUT2D eigenvalue weighted by atomic mass is 32.2. The second kappa shape index (κ2) is 12.9. The fourth-order valence-electron chi connectivity index (χ4n) is 1.05. The van der Waals surface area contributed by atoms with Crippen LogP contribution in [0.4, 0.5) is 9.59 Å². The number of carbonyl (C=O) groups is 5. The Morgan fingerprint density at radius 1 is 0.920 bits per heavy atom. The van der Waals surface area contributed by atoms with E-state index in [0.717, 1.165) is 0 Å². The molecule has 0 saturated heterocycles. The Labute approximate surface area is 147 Å². The van der Waals surface area contributed by atoms with Crippen LogP contribution in [0, 0.1) is 0 Å². The standard InChI is InChI=1S/C13H19NO10S/c1-3-9(15)21-6-23-12(19)14-8(11(17)18)5-25-13(20)24-7-22-10(16)4-2/h8H,3-7H2,1-2H3,(H,14,19)(H,17,18)/t8-/m0/s1. The predicted octanol–water partition coefficient (Wildman–Crippen LogP) is 0.857. The van der Waals surface area contributed by atoms with Crippen molar-refractivity contribution in [1.29, 1.82) is 0 Å². The van der Waals surface area contributed by atoms with Gasteiger partial charge in [-0.2, -0.15) is 0 Å². The van der Waals surface area contributed by atoms with Crippen molar-refractivity contribution in [2.24, 2.45) is 0 Å². The normalized spacial score (nSPS) is 11.0. The second-order valence-electron chi connectivity index (χ2n) is 4.15. The van der Waals surface area contributed by atoms with E-state index < -0.39 is 48.9 Å². The zero-order valence-electron chi connectivity index (χ0n) is 13.6. The van der Waals surface area contributed by atoms with E-state index in [4.69, 9.17) is 5.11 Å². The Kier molecular flexibility index (Phi) is 11.6. The van der Waals surface area contributed by atoms with Crippen molar-refractivity contribution in [1.82, 2.24) is 5.32 Å². The van der Waals surface area contributed by atoms with Crippen LogP contribution in [0.2, 0.25) is 0 Å². The molecule has 0 saturated carbocycles. The highest BCUT2D eigenvalue weighted by Crippen LogP contribution is 2.08. The van der Waals surface area contributed by atoms with Crippen molar-refractivity contribution in [2.45, 2.75) is 32.7 Å². The molecule has 1 amide bonds. The molecule has 0 radical (unpaired) electrons. The van der Waals surface area contributed by atoms with Gasteiger partial charge >= 0.3 is 29.3 Å². The number of alkyl carbamates (subject to hydrolysis) is 1. The summed E-state index contributed by atoms with van der Waals surface area (Å²) in [6.07, 6.45) is -0.928. The molecule has 142 valence electrons. The fraction of sp³-hybridized carbons (Fsp3) is 0.615. The summed E-state index contributed by atoms with van der Waals surface area (Å²) >= 11 is 0.458. The quantitative estimate of drug-likeness (QED) is 0.409. The number of carboxylic acids is 1. The van der Waals surface area contributed by atoms with Gasteiger partial charge in [0.2, 0.25) is 13.6 Å². The van der Waals surface area contributed by atoms with Gasteiger partial charge in [-0.15, -0.1) is 0 Å². The van der Waals surface area contributed by atoms with E-state index in [9.17, 15) is 24.0 Å². The highest BCUT2D eigenvalue weighted by Gasteiger charge is 2.23. The lowest BCUT2D eigenvalue weighted by Gasteiger charge is -2.13. The first kappa shape index (κ1) is 22.5. The van der Waals surface area contributed by atoms with Crippen LogP contribution in [-0.2, 0) is 33.3 Å². The van der Waals surface area contributed by atoms with Crippen LogP contribution in [0.1, 0.15) is 26.7 Å². The Morgan fingerprint density at radius 2 is 1.44 bits per heavy atom. The molecule has 0 spiro atoms. The molecule has 0 bridgehead atoms. The fourth-order valence-corrected chi connectivity index (χ4v) is 1.71. The lowest BCUT2D eigenvalue weighted by atomic mass is 10.3. The van der Waals surface area contributed by atoms with E-state index in [-0.39, 0.29) is 18.6 Å². The monoisotopic (exact) mass is 381 g/mol. The summed E-state index contributed by atoms with van der Waals surface area (Å²) in [5.41, 5.74) is 0. The third-order valence-electron chi connectivity index (χ3n) is 2.34. The van der Waals surface area contributed by atoms with Crippen LogP contribution in [-0.4, -0.2) is 59.8 Å². The van der Waals surface area contributed by atoms with Crippen molar-refractivity contribution < 1.29 is 48.0 Å². The summed E-state index contributed by atoms with van der Waals surface area (Å²) in [6, 6.07) is -1.45. The third-order valence-corrected chi connectivity index (χ3v) is 3.20. The number of carboxylic acid groups (broad SMARTS) is 1. The molecular weight excluding hydrogens is 362 g/mol. The third kappa shape index (κ3) is 11.6. The lowest BCUT2D eigenvalue weighted by Crippen LogP contribution is -2.43. The number of aliphatic carboxylic acids is 1. The van der Waals surface area contributed by atoms with Crippen molar-refractivity contribution in [3.8, 4) is 0 Å². The van der Waals surface area contributed by atoms with E-state index in [2.05, 4.69) is 18.9 Å². The van der Waals surface area contributed by atoms with Crippen molar-refractivity contribution in [3.63, 3.8) is 0 Å². The van der Waals surface area contributed by atoms with Crippen molar-refractivity contribution in [2.75, 3.05) is 19.3 Å². The van der Waals surface area contributed by atoms with E-state index in [0.29, 0.717) is 11.8 Å². The first-order chi connectivity index (χ1) is 11.8. The lowest BCUT2D eigenvalue weighted by molar-refractivity contribution is -0.152. The van der Waals surface area contributed by atoms with Gasteiger partial charge in [0.25, 0.3) is 0 Å². The summed E-state index contributed by atoms with van der Waals surface area (Å²) < 4.78 is 18.0. The number of rotatable bonds is 10. The average Bonchev–Trinajstić information content (AvgIpc) is 2.57. The minimum Gasteiger partial charge on any atom is -0.480 e. The zero-order valence-corrected chi connectivity index (χ0v) is 14.5. The topological polar surface area (TPSA) is 155 Å². The maximum atomic E-state index is 11.4. The summed E-state index contributed by atoms with van der Waals surface area (Å²) in [5.74, 6) is -2.93. The van der Waals surface area contributed by atoms with E-state index in [1.54, 1.807) is 13.8 Å². The molecule has 0 unspecified atom stereocenters. The van der Waals surface area contributed by atoms with E-state index in [1.165, 1.54) is 0 Å². The first-order valence-electron chi connectivity index (χ1n) is 7.07. The van der Waals surface area contributed by atoms with Crippen molar-refractivity contribution >= 4 is 41.1 Å². The summed E-state index contributed by atoms with van der Waals surface area (Å²) in [4.78, 5) is 55.4. The van der Waals surface area contributed by atoms with Crippen molar-refractivity contribution in [3.05, 3.63) is 0 Å². The van der Waals surface area contributed by atoms with Crippen LogP contribution in [0.3, 0.4) is 0 Å². The molecule has 25 heavy (non-hydrogen) atoms. The smallest absolute Gasteiger partial charge is 0.410 e. The largest absolute Gasteiger partial charge is 0.480 e. The first-order valence-corrected chi connectivity index (χ1v) is 8.05. The van der Waals surface area contributed by atoms with Crippen LogP contribution >= 0.6 is 11.8 Å². The number of carbonyl (C=O) groups excluding carboxylic acids is 4. The molecule has 1 atom stereocenters. The van der Waals surface area contributed by atoms with Gasteiger partial charge in [-0.25, -0.2) is 14.4 Å². The van der Waals surface area contributed by atoms with E-state index >= 15 is 0 Å². The molecule has 0 heterocycles. The molecule has 0 aromatic heterocycles. The second-order valence-corrected chi connectivity index (χ2v) is 5.10. The predicted molar refractivity (Wildman–Crippen MR) is 82.5 cm³/mol. The molecule has 12 heteroatoms. The molecule has 0 aromatic carbocycles. The summed E-state index contributed by atoms with van der Waals surface area (Å²) in [5, 5.41) is 10.1. The Bertz CT molecular complexity index is 495. The SMILES string of the molecule is CCC(=O)OCOC(=O)N[C@@H](CSC(=O)OCOC(=O)CC)C(=O)O. The number of nitrogens with one attached hydrogen (secondary N) is 1. The molecule has 0 fully saturated rings. The number of ether oxygens (including phenoxy) is 4. The van der Waals surface area contributed by atoms with Crippen LogP contribution in [0.5, 0.6) is 0 Å². The molecule has 11 nitrogen and oxygen atoms in total. The van der Waals surface area contributed by atoms with Crippen LogP contribution in [0.25, 0.3) is 0 Å². The van der Waals surface area contributed by atoms with Crippen LogP contribution in [0.15, 0.2) is 0 Å². The van der Waals surface area contributed by atoms with Gasteiger partial charge in [-0.3, -0.25) is 9.59 Å². The maximum absolute atomic E-state index is 11.4. The molecule has 0 aromatic rings. The minimum absolute atomic E-state index is 0.0923. The summed E-state index contributed by atoms with van der Waals surface area (Å²) in [7, 11) is 0. The number of hydrogen-bond acceptors (Lipinski definition) is 10. The molecule has 0 aliphatic carbocycles. The van der Waals surface area contributed by atoms with Gasteiger partial charge in [-0.05, 0) is 11.8 Å². The maximum Gasteiger partial charge on any atom is 0.410 e. The Hall–Kier alpha value is -2.50.